The number of halogens is 3. The SMILES string of the molecule is CCCCCCCC(C)CCC(F)(F)F. The summed E-state index contributed by atoms with van der Waals surface area (Å²) in [5, 5.41) is 0. The Morgan fingerprint density at radius 1 is 0.933 bits per heavy atom. The third kappa shape index (κ3) is 11.7. The summed E-state index contributed by atoms with van der Waals surface area (Å²) in [6, 6.07) is 0. The molecular formula is C12H23F3. The Balaban J connectivity index is 3.30. The summed E-state index contributed by atoms with van der Waals surface area (Å²) in [4.78, 5) is 0. The van der Waals surface area contributed by atoms with Crippen LogP contribution in [0.15, 0.2) is 0 Å². The first-order chi connectivity index (χ1) is 6.95. The van der Waals surface area contributed by atoms with Crippen LogP contribution in [0, 0.1) is 5.92 Å². The summed E-state index contributed by atoms with van der Waals surface area (Å²) in [6.07, 6.45) is 2.57. The van der Waals surface area contributed by atoms with E-state index >= 15 is 0 Å². The summed E-state index contributed by atoms with van der Waals surface area (Å²) in [5.74, 6) is 0.216. The van der Waals surface area contributed by atoms with Gasteiger partial charge in [-0.1, -0.05) is 52.4 Å². The second-order valence-corrected chi connectivity index (χ2v) is 4.46. The molecule has 0 nitrogen and oxygen atoms in total. The number of alkyl halides is 3. The largest absolute Gasteiger partial charge is 0.389 e. The second kappa shape index (κ2) is 8.00. The van der Waals surface area contributed by atoms with Gasteiger partial charge in [-0.05, 0) is 12.3 Å². The van der Waals surface area contributed by atoms with Gasteiger partial charge in [0.2, 0.25) is 0 Å². The fourth-order valence-corrected chi connectivity index (χ4v) is 1.65. The van der Waals surface area contributed by atoms with E-state index in [4.69, 9.17) is 0 Å². The summed E-state index contributed by atoms with van der Waals surface area (Å²) in [6.45, 7) is 4.08. The lowest BCUT2D eigenvalue weighted by atomic mass is 9.97. The summed E-state index contributed by atoms with van der Waals surface area (Å²) < 4.78 is 35.7. The zero-order valence-corrected chi connectivity index (χ0v) is 9.87. The lowest BCUT2D eigenvalue weighted by Gasteiger charge is -2.12. The molecule has 0 fully saturated rings. The molecule has 15 heavy (non-hydrogen) atoms. The predicted octanol–water partition coefficient (Wildman–Crippen LogP) is 5.33. The molecule has 0 N–H and O–H groups in total. The maximum Gasteiger partial charge on any atom is 0.389 e. The van der Waals surface area contributed by atoms with Crippen LogP contribution in [0.4, 0.5) is 13.2 Å². The van der Waals surface area contributed by atoms with E-state index < -0.39 is 12.6 Å². The molecule has 0 aliphatic heterocycles. The Hall–Kier alpha value is -0.210. The highest BCUT2D eigenvalue weighted by Crippen LogP contribution is 2.26. The summed E-state index contributed by atoms with van der Waals surface area (Å²) in [5.41, 5.74) is 0. The maximum absolute atomic E-state index is 11.9. The Kier molecular flexibility index (Phi) is 7.89. The number of rotatable bonds is 8. The summed E-state index contributed by atoms with van der Waals surface area (Å²) in [7, 11) is 0. The van der Waals surface area contributed by atoms with Gasteiger partial charge >= 0.3 is 6.18 Å². The van der Waals surface area contributed by atoms with Gasteiger partial charge in [-0.25, -0.2) is 0 Å². The fourth-order valence-electron chi connectivity index (χ4n) is 1.65. The molecule has 92 valence electrons. The molecule has 1 atom stereocenters. The maximum atomic E-state index is 11.9. The molecule has 0 aliphatic carbocycles. The predicted molar refractivity (Wildman–Crippen MR) is 57.8 cm³/mol. The highest BCUT2D eigenvalue weighted by molar-refractivity contribution is 4.58. The van der Waals surface area contributed by atoms with Crippen molar-refractivity contribution in [1.82, 2.24) is 0 Å². The van der Waals surface area contributed by atoms with E-state index in [2.05, 4.69) is 6.92 Å². The van der Waals surface area contributed by atoms with E-state index in [0.717, 1.165) is 12.8 Å². The highest BCUT2D eigenvalue weighted by atomic mass is 19.4. The Morgan fingerprint density at radius 2 is 1.53 bits per heavy atom. The van der Waals surface area contributed by atoms with Crippen molar-refractivity contribution in [2.24, 2.45) is 5.92 Å². The van der Waals surface area contributed by atoms with Crippen LogP contribution in [0.3, 0.4) is 0 Å². The van der Waals surface area contributed by atoms with E-state index in [1.54, 1.807) is 0 Å². The fraction of sp³-hybridized carbons (Fsp3) is 1.00. The average Bonchev–Trinajstić information content (AvgIpc) is 2.13. The van der Waals surface area contributed by atoms with E-state index in [-0.39, 0.29) is 12.3 Å². The lowest BCUT2D eigenvalue weighted by molar-refractivity contribution is -0.137. The highest BCUT2D eigenvalue weighted by Gasteiger charge is 2.27. The van der Waals surface area contributed by atoms with E-state index in [1.165, 1.54) is 25.7 Å². The molecular weight excluding hydrogens is 201 g/mol. The van der Waals surface area contributed by atoms with E-state index in [9.17, 15) is 13.2 Å². The molecule has 0 heterocycles. The molecule has 0 bridgehead atoms. The molecule has 0 rings (SSSR count). The normalized spacial score (nSPS) is 14.2. The van der Waals surface area contributed by atoms with Crippen molar-refractivity contribution in [3.63, 3.8) is 0 Å². The first-order valence-corrected chi connectivity index (χ1v) is 6.02. The number of hydrogen-bond donors (Lipinski definition) is 0. The molecule has 0 aromatic heterocycles. The van der Waals surface area contributed by atoms with Gasteiger partial charge < -0.3 is 0 Å². The van der Waals surface area contributed by atoms with Crippen LogP contribution in [0.5, 0.6) is 0 Å². The molecule has 1 unspecified atom stereocenters. The topological polar surface area (TPSA) is 0 Å². The van der Waals surface area contributed by atoms with Gasteiger partial charge in [-0.15, -0.1) is 0 Å². The summed E-state index contributed by atoms with van der Waals surface area (Å²) >= 11 is 0. The lowest BCUT2D eigenvalue weighted by Crippen LogP contribution is -2.09. The number of hydrogen-bond acceptors (Lipinski definition) is 0. The van der Waals surface area contributed by atoms with Crippen LogP contribution in [0.2, 0.25) is 0 Å². The van der Waals surface area contributed by atoms with Gasteiger partial charge in [0.1, 0.15) is 0 Å². The first-order valence-electron chi connectivity index (χ1n) is 6.02. The molecule has 0 aromatic rings. The minimum atomic E-state index is -3.98. The second-order valence-electron chi connectivity index (χ2n) is 4.46. The van der Waals surface area contributed by atoms with Crippen LogP contribution >= 0.6 is 0 Å². The van der Waals surface area contributed by atoms with Crippen molar-refractivity contribution in [1.29, 1.82) is 0 Å². The first kappa shape index (κ1) is 14.8. The minimum absolute atomic E-state index is 0.216. The van der Waals surface area contributed by atoms with Gasteiger partial charge in [0, 0.05) is 6.42 Å². The molecule has 0 aromatic carbocycles. The molecule has 0 amide bonds. The van der Waals surface area contributed by atoms with Gasteiger partial charge in [0.25, 0.3) is 0 Å². The number of unbranched alkanes of at least 4 members (excludes halogenated alkanes) is 4. The molecule has 0 saturated heterocycles. The van der Waals surface area contributed by atoms with Crippen molar-refractivity contribution >= 4 is 0 Å². The molecule has 0 saturated carbocycles. The van der Waals surface area contributed by atoms with Crippen LogP contribution < -0.4 is 0 Å². The van der Waals surface area contributed by atoms with Crippen LogP contribution in [-0.4, -0.2) is 6.18 Å². The Morgan fingerprint density at radius 3 is 2.07 bits per heavy atom. The van der Waals surface area contributed by atoms with E-state index in [0.29, 0.717) is 0 Å². The zero-order valence-electron chi connectivity index (χ0n) is 9.87. The van der Waals surface area contributed by atoms with Gasteiger partial charge in [-0.2, -0.15) is 13.2 Å². The van der Waals surface area contributed by atoms with Crippen molar-refractivity contribution in [3.05, 3.63) is 0 Å². The van der Waals surface area contributed by atoms with Crippen molar-refractivity contribution < 1.29 is 13.2 Å². The van der Waals surface area contributed by atoms with Crippen LogP contribution in [0.1, 0.15) is 65.2 Å². The smallest absolute Gasteiger partial charge is 0.171 e. The van der Waals surface area contributed by atoms with Crippen molar-refractivity contribution in [2.45, 2.75) is 71.4 Å². The quantitative estimate of drug-likeness (QED) is 0.489. The monoisotopic (exact) mass is 224 g/mol. The minimum Gasteiger partial charge on any atom is -0.171 e. The molecule has 0 aliphatic rings. The third-order valence-electron chi connectivity index (χ3n) is 2.72. The van der Waals surface area contributed by atoms with E-state index in [1.807, 2.05) is 6.92 Å². The standard InChI is InChI=1S/C12H23F3/c1-3-4-5-6-7-8-11(2)9-10-12(13,14)15/h11H,3-10H2,1-2H3. The average molecular weight is 224 g/mol. The van der Waals surface area contributed by atoms with Crippen molar-refractivity contribution in [2.75, 3.05) is 0 Å². The van der Waals surface area contributed by atoms with Gasteiger partial charge in [0.15, 0.2) is 0 Å². The molecule has 0 radical (unpaired) electrons. The Labute approximate surface area is 91.3 Å². The molecule has 3 heteroatoms. The van der Waals surface area contributed by atoms with Crippen LogP contribution in [0.25, 0.3) is 0 Å². The Bertz CT molecular complexity index is 140. The van der Waals surface area contributed by atoms with Gasteiger partial charge in [-0.3, -0.25) is 0 Å². The third-order valence-corrected chi connectivity index (χ3v) is 2.72. The van der Waals surface area contributed by atoms with Crippen LogP contribution in [-0.2, 0) is 0 Å². The van der Waals surface area contributed by atoms with Gasteiger partial charge in [0.05, 0.1) is 0 Å². The molecule has 0 spiro atoms. The van der Waals surface area contributed by atoms with Crippen molar-refractivity contribution in [3.8, 4) is 0 Å². The zero-order chi connectivity index (χ0) is 11.7.